The molecule has 1 N–H and O–H groups in total. The molecule has 1 aromatic carbocycles. The first-order chi connectivity index (χ1) is 21.6. The van der Waals surface area contributed by atoms with Crippen LogP contribution in [0, 0.1) is 18.8 Å². The summed E-state index contributed by atoms with van der Waals surface area (Å²) in [5, 5.41) is 18.1. The van der Waals surface area contributed by atoms with Crippen molar-refractivity contribution in [3.63, 3.8) is 0 Å². The summed E-state index contributed by atoms with van der Waals surface area (Å²) in [7, 11) is 1.52. The number of rotatable bonds is 12. The number of nitrogens with zero attached hydrogens (tertiary/aromatic N) is 4. The molecule has 1 saturated heterocycles. The lowest BCUT2D eigenvalue weighted by molar-refractivity contribution is -0.156. The lowest BCUT2D eigenvalue weighted by Crippen LogP contribution is -2.66. The van der Waals surface area contributed by atoms with Crippen molar-refractivity contribution >= 4 is 23.2 Å². The minimum atomic E-state index is -1.93. The van der Waals surface area contributed by atoms with E-state index < -0.39 is 46.4 Å². The van der Waals surface area contributed by atoms with Crippen LogP contribution < -0.4 is 4.74 Å². The monoisotopic (exact) mass is 613 g/mol. The molecule has 234 valence electrons. The summed E-state index contributed by atoms with van der Waals surface area (Å²) in [4.78, 5) is 34.8. The molecule has 1 aliphatic heterocycles. The van der Waals surface area contributed by atoms with Crippen LogP contribution >= 0.6 is 11.3 Å². The van der Waals surface area contributed by atoms with Crippen LogP contribution in [0.15, 0.2) is 42.0 Å². The van der Waals surface area contributed by atoms with E-state index >= 15 is 4.79 Å². The number of amides is 1. The van der Waals surface area contributed by atoms with Gasteiger partial charge in [-0.3, -0.25) is 9.48 Å². The molecule has 3 heterocycles. The Labute approximate surface area is 263 Å². The number of methoxy groups -OCH3 is 1. The van der Waals surface area contributed by atoms with Crippen LogP contribution in [-0.2, 0) is 20.5 Å². The lowest BCUT2D eigenvalue weighted by Gasteiger charge is -2.47. The summed E-state index contributed by atoms with van der Waals surface area (Å²) >= 11 is 1.29. The van der Waals surface area contributed by atoms with Crippen molar-refractivity contribution in [2.75, 3.05) is 20.3 Å². The topological polar surface area (TPSA) is 107 Å². The number of hydrogen-bond donors (Lipinski definition) is 1. The number of hydrogen-bond acceptors (Lipinski definition) is 7. The summed E-state index contributed by atoms with van der Waals surface area (Å²) in [6.45, 7) is 15.3. The summed E-state index contributed by atoms with van der Waals surface area (Å²) in [5.41, 5.74) is -3.17. The van der Waals surface area contributed by atoms with Crippen LogP contribution in [0.4, 0.5) is 0 Å². The summed E-state index contributed by atoms with van der Waals surface area (Å²) < 4.78 is 41.0. The number of carboxylic acids is 1. The van der Waals surface area contributed by atoms with E-state index in [1.165, 1.54) is 23.3 Å². The number of aryl methyl sites for hydroxylation is 1. The Kier molecular flexibility index (Phi) is 8.23. The first-order valence-electron chi connectivity index (χ1n) is 16.3. The highest BCUT2D eigenvalue weighted by molar-refractivity contribution is 7.09. The van der Waals surface area contributed by atoms with Crippen LogP contribution in [-0.4, -0.2) is 62.5 Å². The predicted molar refractivity (Wildman–Crippen MR) is 168 cm³/mol. The fraction of sp³-hybridized carbons (Fsp3) is 0.576. The second-order valence-electron chi connectivity index (χ2n) is 12.3. The zero-order valence-corrected chi connectivity index (χ0v) is 27.5. The third-order valence-electron chi connectivity index (χ3n) is 9.52. The number of benzene rings is 1. The van der Waals surface area contributed by atoms with E-state index in [4.69, 9.17) is 9.47 Å². The Bertz CT molecular complexity index is 1590. The molecule has 0 aliphatic carbocycles. The normalized spacial score (nSPS) is 23.1. The van der Waals surface area contributed by atoms with Crippen LogP contribution in [0.5, 0.6) is 5.75 Å². The van der Waals surface area contributed by atoms with Crippen molar-refractivity contribution in [1.29, 1.82) is 0 Å². The fourth-order valence-electron chi connectivity index (χ4n) is 6.45. The van der Waals surface area contributed by atoms with Gasteiger partial charge in [-0.2, -0.15) is 5.10 Å². The van der Waals surface area contributed by atoms with Gasteiger partial charge in [-0.25, -0.2) is 9.78 Å². The first kappa shape index (κ1) is 28.5. The first-order valence-corrected chi connectivity index (χ1v) is 15.7. The van der Waals surface area contributed by atoms with Crippen molar-refractivity contribution in [2.45, 2.75) is 90.8 Å². The molecule has 9 nitrogen and oxygen atoms in total. The molecule has 43 heavy (non-hydrogen) atoms. The number of likely N-dealkylation sites (tertiary alicyclic amines) is 1. The SMILES string of the molecule is [2H]c1c([2H])c(C(C)(CC)C(C)C)c(OCC)c([2H])c1C(=O)N1[C@@H](c2nccs2)[C@@H](COC)C[C@]1(C(=O)O)C(C)(C)n1ccc(C)n1. The average molecular weight is 614 g/mol. The Morgan fingerprint density at radius 3 is 2.51 bits per heavy atom. The zero-order valence-electron chi connectivity index (χ0n) is 29.6. The van der Waals surface area contributed by atoms with E-state index in [0.717, 1.165) is 0 Å². The highest BCUT2D eigenvalue weighted by atomic mass is 32.1. The molecule has 0 bridgehead atoms. The van der Waals surface area contributed by atoms with E-state index in [-0.39, 0.29) is 49.0 Å². The van der Waals surface area contributed by atoms with Gasteiger partial charge in [0.15, 0.2) is 5.54 Å². The van der Waals surface area contributed by atoms with Crippen LogP contribution in [0.25, 0.3) is 0 Å². The van der Waals surface area contributed by atoms with Crippen LogP contribution in [0.2, 0.25) is 0 Å². The Hall–Kier alpha value is -3.24. The van der Waals surface area contributed by atoms with E-state index in [2.05, 4.69) is 10.1 Å². The number of aromatic nitrogens is 3. The maximum atomic E-state index is 15.2. The van der Waals surface area contributed by atoms with Gasteiger partial charge < -0.3 is 19.5 Å². The number of carboxylic acid groups (broad SMARTS) is 1. The van der Waals surface area contributed by atoms with E-state index in [9.17, 15) is 14.0 Å². The highest BCUT2D eigenvalue weighted by Gasteiger charge is 2.67. The van der Waals surface area contributed by atoms with Gasteiger partial charge >= 0.3 is 5.97 Å². The van der Waals surface area contributed by atoms with Crippen molar-refractivity contribution in [3.8, 4) is 5.75 Å². The standard InChI is InChI=1S/C33H46N4O5S/c1-10-32(8,21(3)4)25-13-12-23(18-26(25)42-11-2)29(38)37-27(28-34-15-17-43-28)24(20-41-9)19-33(37,30(39)40)31(6,7)36-16-14-22(5)35-36/h12-18,21,24,27H,10-11,19-20H2,1-9H3,(H,39,40)/t24-,27-,32?,33+/m1/s1/i12D,13D,18D. The molecule has 2 aromatic heterocycles. The van der Waals surface area contributed by atoms with Gasteiger partial charge in [0.05, 0.1) is 34.6 Å². The number of carbonyl (C=O) groups excluding carboxylic acids is 1. The maximum absolute atomic E-state index is 15.2. The molecule has 4 atom stereocenters. The molecule has 0 saturated carbocycles. The van der Waals surface area contributed by atoms with Crippen molar-refractivity contribution < 1.29 is 28.3 Å². The minimum Gasteiger partial charge on any atom is -0.494 e. The number of carbonyl (C=O) groups is 2. The van der Waals surface area contributed by atoms with E-state index in [1.54, 1.807) is 56.2 Å². The molecule has 0 radical (unpaired) electrons. The maximum Gasteiger partial charge on any atom is 0.332 e. The van der Waals surface area contributed by atoms with Crippen molar-refractivity contribution in [2.24, 2.45) is 11.8 Å². The average Bonchev–Trinajstić information content (AvgIpc) is 3.75. The van der Waals surface area contributed by atoms with Crippen LogP contribution in [0.3, 0.4) is 0 Å². The second-order valence-corrected chi connectivity index (χ2v) is 13.3. The molecule has 1 aliphatic rings. The third kappa shape index (κ3) is 5.37. The molecule has 1 unspecified atom stereocenters. The van der Waals surface area contributed by atoms with E-state index in [1.807, 2.05) is 27.7 Å². The lowest BCUT2D eigenvalue weighted by atomic mass is 9.71. The van der Waals surface area contributed by atoms with Gasteiger partial charge in [-0.1, -0.05) is 33.7 Å². The predicted octanol–water partition coefficient (Wildman–Crippen LogP) is 6.48. The molecule has 4 rings (SSSR count). The van der Waals surface area contributed by atoms with Crippen LogP contribution in [0.1, 0.15) is 98.1 Å². The van der Waals surface area contributed by atoms with Gasteiger partial charge in [-0.05, 0) is 70.0 Å². The molecule has 0 spiro atoms. The summed E-state index contributed by atoms with van der Waals surface area (Å²) in [6, 6.07) is -0.0647. The Balaban J connectivity index is 2.11. The third-order valence-corrected chi connectivity index (χ3v) is 10.4. The quantitative estimate of drug-likeness (QED) is 0.249. The van der Waals surface area contributed by atoms with Gasteiger partial charge in [-0.15, -0.1) is 11.3 Å². The minimum absolute atomic E-state index is 0.00980. The van der Waals surface area contributed by atoms with Gasteiger partial charge in [0.25, 0.3) is 5.91 Å². The summed E-state index contributed by atoms with van der Waals surface area (Å²) in [5.74, 6) is -2.51. The summed E-state index contributed by atoms with van der Waals surface area (Å²) in [6.07, 6.45) is 3.89. The second kappa shape index (κ2) is 12.4. The zero-order chi connectivity index (χ0) is 34.4. The van der Waals surface area contributed by atoms with Gasteiger partial charge in [0.2, 0.25) is 0 Å². The highest BCUT2D eigenvalue weighted by Crippen LogP contribution is 2.55. The van der Waals surface area contributed by atoms with Gasteiger partial charge in [0.1, 0.15) is 10.8 Å². The number of aliphatic carboxylic acids is 1. The van der Waals surface area contributed by atoms with Gasteiger partial charge in [0, 0.05) is 41.9 Å². The molecule has 10 heteroatoms. The molecular weight excluding hydrogens is 564 g/mol. The molecule has 3 aromatic rings. The smallest absolute Gasteiger partial charge is 0.332 e. The van der Waals surface area contributed by atoms with Crippen molar-refractivity contribution in [3.05, 3.63) is 63.8 Å². The Morgan fingerprint density at radius 1 is 1.28 bits per heavy atom. The fourth-order valence-corrected chi connectivity index (χ4v) is 7.27. The van der Waals surface area contributed by atoms with E-state index in [0.29, 0.717) is 22.7 Å². The molecule has 1 fully saturated rings. The molecular formula is C33H46N4O5S. The Morgan fingerprint density at radius 2 is 2.00 bits per heavy atom. The van der Waals surface area contributed by atoms with Crippen molar-refractivity contribution in [1.82, 2.24) is 19.7 Å². The largest absolute Gasteiger partial charge is 0.494 e. The number of ether oxygens (including phenoxy) is 2. The molecule has 1 amide bonds. The number of thiazole rings is 1.